The molecule has 0 aromatic carbocycles. The van der Waals surface area contributed by atoms with Gasteiger partial charge in [0.2, 0.25) is 0 Å². The Balaban J connectivity index is 1.84. The van der Waals surface area contributed by atoms with Crippen LogP contribution in [0.2, 0.25) is 0 Å². The maximum absolute atomic E-state index is 11.6. The monoisotopic (exact) mass is 324 g/mol. The van der Waals surface area contributed by atoms with Gasteiger partial charge in [0.05, 0.1) is 12.8 Å². The highest BCUT2D eigenvalue weighted by Crippen LogP contribution is 2.11. The molecular weight excluding hydrogens is 292 g/mol. The predicted octanol–water partition coefficient (Wildman–Crippen LogP) is 4.52. The molecule has 0 unspecified atom stereocenters. The van der Waals surface area contributed by atoms with Crippen molar-refractivity contribution < 1.29 is 14.7 Å². The lowest BCUT2D eigenvalue weighted by atomic mass is 10.1. The Kier molecular flexibility index (Phi) is 11.0. The van der Waals surface area contributed by atoms with Gasteiger partial charge in [-0.1, -0.05) is 71.1 Å². The molecule has 0 aliphatic carbocycles. The zero-order valence-electron chi connectivity index (χ0n) is 14.5. The van der Waals surface area contributed by atoms with Crippen molar-refractivity contribution in [2.24, 2.45) is 0 Å². The summed E-state index contributed by atoms with van der Waals surface area (Å²) in [5.74, 6) is -0.0208. The molecule has 0 saturated carbocycles. The van der Waals surface area contributed by atoms with Gasteiger partial charge in [-0.15, -0.1) is 0 Å². The number of carbonyl (C=O) groups excluding carboxylic acids is 1. The minimum atomic E-state index is -0.335. The average Bonchev–Trinajstić information content (AvgIpc) is 2.93. The first-order chi connectivity index (χ1) is 11.2. The fraction of sp³-hybridized carbons (Fsp3) is 0.778. The minimum absolute atomic E-state index is 0.0154. The van der Waals surface area contributed by atoms with Crippen LogP contribution in [-0.2, 0) is 16.0 Å². The first-order valence-corrected chi connectivity index (χ1v) is 9.11. The molecule has 23 heavy (non-hydrogen) atoms. The SMILES string of the molecule is CCCCCCCCCCCCCOC(=O)Cc1nccn1O. The van der Waals surface area contributed by atoms with E-state index in [1.807, 2.05) is 0 Å². The third kappa shape index (κ3) is 9.97. The summed E-state index contributed by atoms with van der Waals surface area (Å²) < 4.78 is 6.00. The molecule has 0 fully saturated rings. The first-order valence-electron chi connectivity index (χ1n) is 9.11. The normalized spacial score (nSPS) is 10.8. The zero-order valence-corrected chi connectivity index (χ0v) is 14.5. The largest absolute Gasteiger partial charge is 0.465 e. The molecule has 0 aliphatic heterocycles. The number of nitrogens with zero attached hydrogens (tertiary/aromatic N) is 2. The average molecular weight is 324 g/mol. The number of unbranched alkanes of at least 4 members (excludes halogenated alkanes) is 10. The number of aromatic nitrogens is 2. The number of ether oxygens (including phenoxy) is 1. The second kappa shape index (κ2) is 13.0. The van der Waals surface area contributed by atoms with E-state index in [0.717, 1.165) is 17.6 Å². The molecule has 1 N–H and O–H groups in total. The van der Waals surface area contributed by atoms with Gasteiger partial charge in [-0.3, -0.25) is 4.79 Å². The molecule has 1 aromatic heterocycles. The van der Waals surface area contributed by atoms with E-state index in [2.05, 4.69) is 11.9 Å². The fourth-order valence-corrected chi connectivity index (χ4v) is 2.59. The summed E-state index contributed by atoms with van der Waals surface area (Å²) in [6.07, 6.45) is 16.9. The van der Waals surface area contributed by atoms with E-state index in [1.54, 1.807) is 0 Å². The molecule has 1 rings (SSSR count). The molecule has 0 atom stereocenters. The summed E-state index contributed by atoms with van der Waals surface area (Å²) in [5.41, 5.74) is 0. The van der Waals surface area contributed by atoms with Crippen molar-refractivity contribution in [1.29, 1.82) is 0 Å². The van der Waals surface area contributed by atoms with Crippen LogP contribution in [0.1, 0.15) is 83.4 Å². The number of rotatable bonds is 14. The van der Waals surface area contributed by atoms with Crippen molar-refractivity contribution in [3.8, 4) is 0 Å². The van der Waals surface area contributed by atoms with E-state index in [1.165, 1.54) is 70.2 Å². The highest BCUT2D eigenvalue weighted by Gasteiger charge is 2.09. The Morgan fingerprint density at radius 2 is 1.61 bits per heavy atom. The Morgan fingerprint density at radius 3 is 2.13 bits per heavy atom. The van der Waals surface area contributed by atoms with Crippen molar-refractivity contribution >= 4 is 5.97 Å². The molecule has 1 heterocycles. The molecule has 0 radical (unpaired) electrons. The number of imidazole rings is 1. The lowest BCUT2D eigenvalue weighted by Gasteiger charge is -2.05. The van der Waals surface area contributed by atoms with Gasteiger partial charge in [0.1, 0.15) is 6.42 Å². The predicted molar refractivity (Wildman–Crippen MR) is 90.5 cm³/mol. The summed E-state index contributed by atoms with van der Waals surface area (Å²) in [4.78, 5) is 15.4. The van der Waals surface area contributed by atoms with Crippen LogP contribution in [0.15, 0.2) is 12.4 Å². The van der Waals surface area contributed by atoms with Gasteiger partial charge >= 0.3 is 5.97 Å². The number of esters is 1. The first kappa shape index (κ1) is 19.5. The molecule has 0 aliphatic rings. The molecule has 0 amide bonds. The van der Waals surface area contributed by atoms with E-state index in [-0.39, 0.29) is 12.4 Å². The minimum Gasteiger partial charge on any atom is -0.465 e. The number of hydrogen-bond acceptors (Lipinski definition) is 4. The molecule has 0 saturated heterocycles. The lowest BCUT2D eigenvalue weighted by molar-refractivity contribution is -0.143. The van der Waals surface area contributed by atoms with Crippen molar-refractivity contribution in [3.05, 3.63) is 18.2 Å². The van der Waals surface area contributed by atoms with Crippen molar-refractivity contribution in [3.63, 3.8) is 0 Å². The number of hydrogen-bond donors (Lipinski definition) is 1. The smallest absolute Gasteiger partial charge is 0.313 e. The molecule has 1 aromatic rings. The Morgan fingerprint density at radius 1 is 1.04 bits per heavy atom. The van der Waals surface area contributed by atoms with Crippen LogP contribution in [0.25, 0.3) is 0 Å². The number of carbonyl (C=O) groups is 1. The van der Waals surface area contributed by atoms with Gasteiger partial charge in [-0.2, -0.15) is 4.73 Å². The van der Waals surface area contributed by atoms with E-state index in [0.29, 0.717) is 12.4 Å². The van der Waals surface area contributed by atoms with Crippen molar-refractivity contribution in [1.82, 2.24) is 9.71 Å². The fourth-order valence-electron chi connectivity index (χ4n) is 2.59. The van der Waals surface area contributed by atoms with Gasteiger partial charge in [0, 0.05) is 6.20 Å². The van der Waals surface area contributed by atoms with Crippen LogP contribution in [0, 0.1) is 0 Å². The van der Waals surface area contributed by atoms with Crippen LogP contribution in [0.4, 0.5) is 0 Å². The molecule has 5 heteroatoms. The van der Waals surface area contributed by atoms with Crippen LogP contribution >= 0.6 is 0 Å². The van der Waals surface area contributed by atoms with E-state index >= 15 is 0 Å². The molecule has 132 valence electrons. The Bertz CT molecular complexity index is 418. The second-order valence-electron chi connectivity index (χ2n) is 6.12. The maximum atomic E-state index is 11.6. The van der Waals surface area contributed by atoms with Gasteiger partial charge in [-0.05, 0) is 6.42 Å². The van der Waals surface area contributed by atoms with Crippen LogP contribution in [-0.4, -0.2) is 27.5 Å². The Hall–Kier alpha value is -1.52. The molecular formula is C18H32N2O3. The molecule has 5 nitrogen and oxygen atoms in total. The highest BCUT2D eigenvalue weighted by molar-refractivity contribution is 5.71. The van der Waals surface area contributed by atoms with Crippen LogP contribution in [0.5, 0.6) is 0 Å². The van der Waals surface area contributed by atoms with Crippen LogP contribution in [0.3, 0.4) is 0 Å². The molecule has 0 spiro atoms. The van der Waals surface area contributed by atoms with Gasteiger partial charge in [0.15, 0.2) is 5.82 Å². The van der Waals surface area contributed by atoms with Gasteiger partial charge < -0.3 is 9.94 Å². The van der Waals surface area contributed by atoms with E-state index < -0.39 is 0 Å². The zero-order chi connectivity index (χ0) is 16.8. The van der Waals surface area contributed by atoms with Crippen LogP contribution < -0.4 is 0 Å². The summed E-state index contributed by atoms with van der Waals surface area (Å²) >= 11 is 0. The summed E-state index contributed by atoms with van der Waals surface area (Å²) in [6, 6.07) is 0. The maximum Gasteiger partial charge on any atom is 0.313 e. The standard InChI is InChI=1S/C18H32N2O3/c1-2-3-4-5-6-7-8-9-10-11-12-15-23-18(21)16-17-19-13-14-20(17)22/h13-14,22H,2-12,15-16H2,1H3. The van der Waals surface area contributed by atoms with E-state index in [4.69, 9.17) is 4.74 Å². The van der Waals surface area contributed by atoms with E-state index in [9.17, 15) is 10.0 Å². The third-order valence-electron chi connectivity index (χ3n) is 4.01. The lowest BCUT2D eigenvalue weighted by Crippen LogP contribution is -2.12. The summed E-state index contributed by atoms with van der Waals surface area (Å²) in [6.45, 7) is 2.71. The molecule has 0 bridgehead atoms. The third-order valence-corrected chi connectivity index (χ3v) is 4.01. The summed E-state index contributed by atoms with van der Waals surface area (Å²) in [5, 5.41) is 9.32. The van der Waals surface area contributed by atoms with Crippen molar-refractivity contribution in [2.45, 2.75) is 84.0 Å². The van der Waals surface area contributed by atoms with Gasteiger partial charge in [0.25, 0.3) is 0 Å². The topological polar surface area (TPSA) is 64.3 Å². The van der Waals surface area contributed by atoms with Gasteiger partial charge in [-0.25, -0.2) is 4.98 Å². The quantitative estimate of drug-likeness (QED) is 0.310. The van der Waals surface area contributed by atoms with Crippen molar-refractivity contribution in [2.75, 3.05) is 6.61 Å². The summed E-state index contributed by atoms with van der Waals surface area (Å²) in [7, 11) is 0. The Labute approximate surface area is 140 Å². The highest BCUT2D eigenvalue weighted by atomic mass is 16.5. The second-order valence-corrected chi connectivity index (χ2v) is 6.12.